The van der Waals surface area contributed by atoms with Crippen molar-refractivity contribution in [3.05, 3.63) is 0 Å². The van der Waals surface area contributed by atoms with E-state index < -0.39 is 60.9 Å². The number of carbonyl (C=O) groups is 5. The second-order valence-corrected chi connectivity index (χ2v) is 5.71. The molecule has 0 saturated carbocycles. The van der Waals surface area contributed by atoms with Crippen LogP contribution >= 0.6 is 11.6 Å². The molecule has 11 heteroatoms. The van der Waals surface area contributed by atoms with Crippen molar-refractivity contribution in [1.29, 1.82) is 0 Å². The summed E-state index contributed by atoms with van der Waals surface area (Å²) in [7, 11) is 0. The van der Waals surface area contributed by atoms with E-state index in [0.29, 0.717) is 0 Å². The highest BCUT2D eigenvalue weighted by atomic mass is 35.5. The first-order chi connectivity index (χ1) is 12.5. The fourth-order valence-electron chi connectivity index (χ4n) is 2.10. The van der Waals surface area contributed by atoms with Gasteiger partial charge < -0.3 is 23.7 Å². The third-order valence-corrected chi connectivity index (χ3v) is 3.20. The van der Waals surface area contributed by atoms with Crippen LogP contribution in [0.4, 0.5) is 0 Å². The van der Waals surface area contributed by atoms with Crippen molar-refractivity contribution in [1.82, 2.24) is 0 Å². The normalized spacial score (nSPS) is 14.7. The van der Waals surface area contributed by atoms with E-state index in [-0.39, 0.29) is 5.88 Å². The molecule has 0 aromatic rings. The average molecular weight is 411 g/mol. The summed E-state index contributed by atoms with van der Waals surface area (Å²) in [5.74, 6) is -4.13. The fourth-order valence-corrected chi connectivity index (χ4v) is 2.34. The number of carbonyl (C=O) groups excluding carboxylic acids is 5. The number of halogens is 1. The SMILES string of the molecule is CC(=O)OC[C@@H](OC(C)=O)[C@@H](OC(C)=O)[C@@H](OC(C)=O)[C@@H](CCl)OC(C)=O. The predicted octanol–water partition coefficient (Wildman–Crippen LogP) is 0.515. The van der Waals surface area contributed by atoms with Gasteiger partial charge >= 0.3 is 29.8 Å². The van der Waals surface area contributed by atoms with Crippen molar-refractivity contribution >= 4 is 41.4 Å². The van der Waals surface area contributed by atoms with Crippen LogP contribution in [0.5, 0.6) is 0 Å². The molecule has 154 valence electrons. The maximum Gasteiger partial charge on any atom is 0.303 e. The molecule has 0 rings (SSSR count). The lowest BCUT2D eigenvalue weighted by Gasteiger charge is -2.34. The highest BCUT2D eigenvalue weighted by Crippen LogP contribution is 2.21. The number of hydrogen-bond donors (Lipinski definition) is 0. The third kappa shape index (κ3) is 10.4. The Morgan fingerprint density at radius 1 is 0.630 bits per heavy atom. The van der Waals surface area contributed by atoms with Crippen LogP contribution in [0.2, 0.25) is 0 Å². The molecule has 27 heavy (non-hydrogen) atoms. The quantitative estimate of drug-likeness (QED) is 0.285. The first-order valence-electron chi connectivity index (χ1n) is 7.86. The van der Waals surface area contributed by atoms with E-state index >= 15 is 0 Å². The van der Waals surface area contributed by atoms with Gasteiger partial charge in [0.25, 0.3) is 0 Å². The molecule has 0 radical (unpaired) electrons. The van der Waals surface area contributed by atoms with E-state index in [2.05, 4.69) is 0 Å². The molecule has 0 aromatic carbocycles. The van der Waals surface area contributed by atoms with Gasteiger partial charge in [-0.05, 0) is 0 Å². The van der Waals surface area contributed by atoms with E-state index in [9.17, 15) is 24.0 Å². The Balaban J connectivity index is 5.96. The maximum atomic E-state index is 11.6. The standard InChI is InChI=1S/C16H23ClO10/c1-8(18)23-7-14(25-10(3)20)16(27-12(5)22)15(26-11(4)21)13(6-17)24-9(2)19/h13-16H,6-7H2,1-5H3/t13-,14-,15+,16-/m1/s1. The van der Waals surface area contributed by atoms with Crippen molar-refractivity contribution in [2.75, 3.05) is 12.5 Å². The molecule has 0 N–H and O–H groups in total. The molecule has 0 bridgehead atoms. The van der Waals surface area contributed by atoms with Crippen LogP contribution in [0.15, 0.2) is 0 Å². The van der Waals surface area contributed by atoms with Gasteiger partial charge in [-0.3, -0.25) is 24.0 Å². The molecule has 0 amide bonds. The van der Waals surface area contributed by atoms with Gasteiger partial charge in [-0.1, -0.05) is 0 Å². The van der Waals surface area contributed by atoms with Gasteiger partial charge in [0.1, 0.15) is 6.61 Å². The van der Waals surface area contributed by atoms with E-state index in [1.807, 2.05) is 0 Å². The molecule has 0 saturated heterocycles. The zero-order chi connectivity index (χ0) is 21.1. The van der Waals surface area contributed by atoms with Crippen molar-refractivity contribution in [2.45, 2.75) is 59.0 Å². The molecule has 10 nitrogen and oxygen atoms in total. The second kappa shape index (κ2) is 12.1. The summed E-state index contributed by atoms with van der Waals surface area (Å²) in [6, 6.07) is 0. The van der Waals surface area contributed by atoms with Gasteiger partial charge in [0.05, 0.1) is 5.88 Å². The summed E-state index contributed by atoms with van der Waals surface area (Å²) in [5.41, 5.74) is 0. The lowest BCUT2D eigenvalue weighted by atomic mass is 10.0. The first-order valence-corrected chi connectivity index (χ1v) is 8.39. The molecular formula is C16H23ClO10. The summed E-state index contributed by atoms with van der Waals surface area (Å²) in [6.45, 7) is 4.94. The number of hydrogen-bond acceptors (Lipinski definition) is 10. The Bertz CT molecular complexity index is 561. The minimum Gasteiger partial charge on any atom is -0.462 e. The number of alkyl halides is 1. The summed E-state index contributed by atoms with van der Waals surface area (Å²) in [6.07, 6.45) is -5.46. The lowest BCUT2D eigenvalue weighted by Crippen LogP contribution is -2.53. The van der Waals surface area contributed by atoms with Gasteiger partial charge in [-0.2, -0.15) is 0 Å². The molecule has 0 unspecified atom stereocenters. The molecule has 0 aliphatic carbocycles. The summed E-state index contributed by atoms with van der Waals surface area (Å²) >= 11 is 5.81. The summed E-state index contributed by atoms with van der Waals surface area (Å²) < 4.78 is 25.2. The Morgan fingerprint density at radius 2 is 1.00 bits per heavy atom. The van der Waals surface area contributed by atoms with E-state index in [4.69, 9.17) is 35.3 Å². The van der Waals surface area contributed by atoms with Crippen molar-refractivity contribution in [3.63, 3.8) is 0 Å². The minimum atomic E-state index is -1.46. The maximum absolute atomic E-state index is 11.6. The summed E-state index contributed by atoms with van der Waals surface area (Å²) in [4.78, 5) is 56.9. The third-order valence-electron chi connectivity index (χ3n) is 2.90. The Labute approximate surface area is 161 Å². The molecule has 4 atom stereocenters. The van der Waals surface area contributed by atoms with Crippen LogP contribution in [0.25, 0.3) is 0 Å². The topological polar surface area (TPSA) is 132 Å². The molecule has 0 aromatic heterocycles. The van der Waals surface area contributed by atoms with E-state index in [1.165, 1.54) is 0 Å². The highest BCUT2D eigenvalue weighted by molar-refractivity contribution is 6.18. The summed E-state index contributed by atoms with van der Waals surface area (Å²) in [5, 5.41) is 0. The van der Waals surface area contributed by atoms with Gasteiger partial charge in [-0.15, -0.1) is 11.6 Å². The van der Waals surface area contributed by atoms with Gasteiger partial charge in [0, 0.05) is 34.6 Å². The minimum absolute atomic E-state index is 0.324. The zero-order valence-corrected chi connectivity index (χ0v) is 16.4. The molecule has 0 aliphatic rings. The van der Waals surface area contributed by atoms with Crippen LogP contribution in [0.3, 0.4) is 0 Å². The first kappa shape index (κ1) is 24.6. The number of esters is 5. The average Bonchev–Trinajstić information content (AvgIpc) is 2.51. The second-order valence-electron chi connectivity index (χ2n) is 5.40. The van der Waals surface area contributed by atoms with Crippen molar-refractivity contribution < 1.29 is 47.7 Å². The van der Waals surface area contributed by atoms with Crippen LogP contribution in [0.1, 0.15) is 34.6 Å². The number of ether oxygens (including phenoxy) is 5. The molecule has 0 spiro atoms. The van der Waals surface area contributed by atoms with Crippen LogP contribution in [-0.2, 0) is 47.7 Å². The van der Waals surface area contributed by atoms with E-state index in [1.54, 1.807) is 0 Å². The zero-order valence-electron chi connectivity index (χ0n) is 15.7. The van der Waals surface area contributed by atoms with Gasteiger partial charge in [0.2, 0.25) is 0 Å². The Kier molecular flexibility index (Phi) is 11.0. The van der Waals surface area contributed by atoms with E-state index in [0.717, 1.165) is 34.6 Å². The van der Waals surface area contributed by atoms with Crippen molar-refractivity contribution in [3.8, 4) is 0 Å². The molecule has 0 aliphatic heterocycles. The van der Waals surface area contributed by atoms with Crippen LogP contribution in [-0.4, -0.2) is 66.7 Å². The van der Waals surface area contributed by atoms with Gasteiger partial charge in [-0.25, -0.2) is 0 Å². The lowest BCUT2D eigenvalue weighted by molar-refractivity contribution is -0.201. The predicted molar refractivity (Wildman–Crippen MR) is 89.6 cm³/mol. The molecule has 0 heterocycles. The van der Waals surface area contributed by atoms with Gasteiger partial charge in [0.15, 0.2) is 24.4 Å². The monoisotopic (exact) mass is 410 g/mol. The largest absolute Gasteiger partial charge is 0.462 e. The van der Waals surface area contributed by atoms with Crippen LogP contribution in [0, 0.1) is 0 Å². The fraction of sp³-hybridized carbons (Fsp3) is 0.688. The highest BCUT2D eigenvalue weighted by Gasteiger charge is 2.43. The Hall–Kier alpha value is -2.36. The number of rotatable bonds is 10. The van der Waals surface area contributed by atoms with Crippen molar-refractivity contribution in [2.24, 2.45) is 0 Å². The molecular weight excluding hydrogens is 388 g/mol. The molecule has 0 fully saturated rings. The van der Waals surface area contributed by atoms with Crippen LogP contribution < -0.4 is 0 Å². The Morgan fingerprint density at radius 3 is 1.33 bits per heavy atom. The smallest absolute Gasteiger partial charge is 0.303 e.